The van der Waals surface area contributed by atoms with Gasteiger partial charge in [0.1, 0.15) is 5.52 Å². The molecule has 34 heavy (non-hydrogen) atoms. The molecular weight excluding hydrogens is 448 g/mol. The summed E-state index contributed by atoms with van der Waals surface area (Å²) in [6.45, 7) is 0.861. The lowest BCUT2D eigenvalue weighted by Crippen LogP contribution is -2.18. The second kappa shape index (κ2) is 9.42. The van der Waals surface area contributed by atoms with Gasteiger partial charge in [0, 0.05) is 30.1 Å². The number of pyridine rings is 1. The summed E-state index contributed by atoms with van der Waals surface area (Å²) in [6.07, 6.45) is 12.5. The summed E-state index contributed by atoms with van der Waals surface area (Å²) in [4.78, 5) is 9.08. The van der Waals surface area contributed by atoms with Gasteiger partial charge in [0.05, 0.1) is 18.1 Å². The third-order valence-electron chi connectivity index (χ3n) is 6.18. The maximum Gasteiger partial charge on any atom is 0.229 e. The van der Waals surface area contributed by atoms with E-state index in [0.29, 0.717) is 23.0 Å². The van der Waals surface area contributed by atoms with E-state index in [-0.39, 0.29) is 0 Å². The number of aromatic nitrogens is 4. The van der Waals surface area contributed by atoms with Crippen molar-refractivity contribution in [2.24, 2.45) is 5.92 Å². The number of sulfonamides is 1. The molecule has 4 aromatic rings. The Morgan fingerprint density at radius 3 is 2.59 bits per heavy atom. The van der Waals surface area contributed by atoms with E-state index in [4.69, 9.17) is 10.1 Å². The van der Waals surface area contributed by atoms with Gasteiger partial charge >= 0.3 is 0 Å². The van der Waals surface area contributed by atoms with Crippen LogP contribution in [0.1, 0.15) is 32.1 Å². The number of hydrogen-bond acceptors (Lipinski definition) is 6. The van der Waals surface area contributed by atoms with Gasteiger partial charge in [0.15, 0.2) is 11.6 Å². The number of anilines is 2. The number of rotatable bonds is 7. The molecule has 0 amide bonds. The second-order valence-electron chi connectivity index (χ2n) is 8.89. The lowest BCUT2D eigenvalue weighted by molar-refractivity contribution is 0.373. The van der Waals surface area contributed by atoms with Crippen molar-refractivity contribution >= 4 is 27.0 Å². The van der Waals surface area contributed by atoms with Gasteiger partial charge in [-0.3, -0.25) is 9.71 Å². The van der Waals surface area contributed by atoms with Crippen LogP contribution < -0.4 is 10.0 Å². The van der Waals surface area contributed by atoms with Gasteiger partial charge in [0.2, 0.25) is 10.0 Å². The van der Waals surface area contributed by atoms with Crippen LogP contribution in [0, 0.1) is 5.92 Å². The molecule has 1 fully saturated rings. The van der Waals surface area contributed by atoms with Gasteiger partial charge in [0.25, 0.3) is 0 Å². The predicted molar refractivity (Wildman–Crippen MR) is 135 cm³/mol. The topological polar surface area (TPSA) is 101 Å². The Labute approximate surface area is 199 Å². The van der Waals surface area contributed by atoms with Crippen LogP contribution in [0.4, 0.5) is 11.5 Å². The van der Waals surface area contributed by atoms with Crippen molar-refractivity contribution in [3.8, 4) is 22.5 Å². The standard InChI is InChI=1S/C25H28N6O2S/c1-34(32,33)30-21-14-20(16-26-17-21)24-28-25(27-15-18-8-4-2-5-9-18)23-22(12-13-31(23)29-24)19-10-6-3-7-11-19/h3,6-7,10-14,16-18,30H,2,4-5,8-9,15H2,1H3,(H,27,28,29). The first kappa shape index (κ1) is 22.3. The quantitative estimate of drug-likeness (QED) is 0.396. The molecule has 0 aliphatic heterocycles. The minimum atomic E-state index is -3.42. The van der Waals surface area contributed by atoms with Gasteiger partial charge in [-0.1, -0.05) is 49.6 Å². The Balaban J connectivity index is 1.57. The number of nitrogens with zero attached hydrogens (tertiary/aromatic N) is 4. The van der Waals surface area contributed by atoms with Gasteiger partial charge in [-0.2, -0.15) is 0 Å². The van der Waals surface area contributed by atoms with Gasteiger partial charge in [-0.15, -0.1) is 5.10 Å². The molecule has 5 rings (SSSR count). The van der Waals surface area contributed by atoms with E-state index >= 15 is 0 Å². The molecule has 0 atom stereocenters. The third kappa shape index (κ3) is 5.04. The molecule has 0 spiro atoms. The van der Waals surface area contributed by atoms with Crippen molar-refractivity contribution in [3.05, 3.63) is 61.1 Å². The highest BCUT2D eigenvalue weighted by Crippen LogP contribution is 2.32. The highest BCUT2D eigenvalue weighted by atomic mass is 32.2. The SMILES string of the molecule is CS(=O)(=O)Nc1cncc(-c2nc(NCC3CCCCC3)c3c(-c4ccccc4)ccn3n2)c1. The molecule has 3 heterocycles. The van der Waals surface area contributed by atoms with Gasteiger partial charge in [-0.25, -0.2) is 17.9 Å². The molecule has 0 unspecified atom stereocenters. The van der Waals surface area contributed by atoms with Crippen molar-refractivity contribution in [3.63, 3.8) is 0 Å². The van der Waals surface area contributed by atoms with Crippen molar-refractivity contribution in [1.29, 1.82) is 0 Å². The fourth-order valence-electron chi connectivity index (χ4n) is 4.59. The Morgan fingerprint density at radius 2 is 1.82 bits per heavy atom. The van der Waals surface area contributed by atoms with E-state index in [0.717, 1.165) is 35.3 Å². The number of nitrogens with one attached hydrogen (secondary N) is 2. The monoisotopic (exact) mass is 476 g/mol. The van der Waals surface area contributed by atoms with Crippen LogP contribution in [-0.2, 0) is 10.0 Å². The highest BCUT2D eigenvalue weighted by molar-refractivity contribution is 7.92. The van der Waals surface area contributed by atoms with E-state index in [1.165, 1.54) is 38.3 Å². The van der Waals surface area contributed by atoms with Gasteiger partial charge < -0.3 is 5.32 Å². The minimum absolute atomic E-state index is 0.373. The van der Waals surface area contributed by atoms with Crippen LogP contribution in [0.25, 0.3) is 28.0 Å². The maximum absolute atomic E-state index is 11.7. The van der Waals surface area contributed by atoms with Crippen molar-refractivity contribution < 1.29 is 8.42 Å². The van der Waals surface area contributed by atoms with Crippen molar-refractivity contribution in [2.75, 3.05) is 22.8 Å². The minimum Gasteiger partial charge on any atom is -0.368 e. The Hall–Kier alpha value is -3.46. The molecule has 1 aliphatic carbocycles. The van der Waals surface area contributed by atoms with Crippen LogP contribution in [-0.4, -0.2) is 40.8 Å². The lowest BCUT2D eigenvalue weighted by atomic mass is 9.89. The van der Waals surface area contributed by atoms with Crippen LogP contribution in [0.3, 0.4) is 0 Å². The zero-order valence-corrected chi connectivity index (χ0v) is 19.9. The van der Waals surface area contributed by atoms with Crippen LogP contribution in [0.5, 0.6) is 0 Å². The largest absolute Gasteiger partial charge is 0.368 e. The highest BCUT2D eigenvalue weighted by Gasteiger charge is 2.18. The fourth-order valence-corrected chi connectivity index (χ4v) is 5.13. The summed E-state index contributed by atoms with van der Waals surface area (Å²) in [5.74, 6) is 1.87. The molecule has 0 radical (unpaired) electrons. The number of fused-ring (bicyclic) bond motifs is 1. The fraction of sp³-hybridized carbons (Fsp3) is 0.320. The lowest BCUT2D eigenvalue weighted by Gasteiger charge is -2.22. The summed E-state index contributed by atoms with van der Waals surface area (Å²) in [7, 11) is -3.42. The molecule has 2 N–H and O–H groups in total. The van der Waals surface area contributed by atoms with Crippen LogP contribution in [0.15, 0.2) is 61.1 Å². The number of hydrogen-bond donors (Lipinski definition) is 2. The van der Waals surface area contributed by atoms with Crippen molar-refractivity contribution in [1.82, 2.24) is 19.6 Å². The first-order chi connectivity index (χ1) is 16.5. The summed E-state index contributed by atoms with van der Waals surface area (Å²) < 4.78 is 27.6. The van der Waals surface area contributed by atoms with E-state index in [9.17, 15) is 8.42 Å². The summed E-state index contributed by atoms with van der Waals surface area (Å²) in [6, 6.07) is 14.0. The van der Waals surface area contributed by atoms with Crippen LogP contribution >= 0.6 is 0 Å². The Bertz CT molecular complexity index is 1400. The number of benzene rings is 1. The van der Waals surface area contributed by atoms with Gasteiger partial charge in [-0.05, 0) is 36.5 Å². The Kier molecular flexibility index (Phi) is 6.19. The molecule has 0 bridgehead atoms. The zero-order valence-electron chi connectivity index (χ0n) is 19.1. The van der Waals surface area contributed by atoms with E-state index < -0.39 is 10.0 Å². The molecule has 1 saturated carbocycles. The molecule has 176 valence electrons. The molecule has 1 aliphatic rings. The zero-order chi connectivity index (χ0) is 23.5. The molecule has 9 heteroatoms. The smallest absolute Gasteiger partial charge is 0.229 e. The first-order valence-corrected chi connectivity index (χ1v) is 13.5. The van der Waals surface area contributed by atoms with E-state index in [1.807, 2.05) is 28.9 Å². The van der Waals surface area contributed by atoms with E-state index in [2.05, 4.69) is 33.2 Å². The van der Waals surface area contributed by atoms with Crippen molar-refractivity contribution in [2.45, 2.75) is 32.1 Å². The van der Waals surface area contributed by atoms with E-state index in [1.54, 1.807) is 12.3 Å². The average molecular weight is 477 g/mol. The average Bonchev–Trinajstić information content (AvgIpc) is 3.27. The summed E-state index contributed by atoms with van der Waals surface area (Å²) in [5, 5.41) is 8.35. The molecule has 0 saturated heterocycles. The summed E-state index contributed by atoms with van der Waals surface area (Å²) in [5.41, 5.74) is 4.08. The third-order valence-corrected chi connectivity index (χ3v) is 6.78. The molecule has 3 aromatic heterocycles. The van der Waals surface area contributed by atoms with Crippen LogP contribution in [0.2, 0.25) is 0 Å². The normalized spacial score (nSPS) is 14.9. The molecule has 1 aromatic carbocycles. The first-order valence-electron chi connectivity index (χ1n) is 11.6. The second-order valence-corrected chi connectivity index (χ2v) is 10.6. The Morgan fingerprint density at radius 1 is 1.03 bits per heavy atom. The molecular formula is C25H28N6O2S. The molecule has 8 nitrogen and oxygen atoms in total. The predicted octanol–water partition coefficient (Wildman–Crippen LogP) is 4.82. The maximum atomic E-state index is 11.7. The summed E-state index contributed by atoms with van der Waals surface area (Å²) >= 11 is 0.